The van der Waals surface area contributed by atoms with Gasteiger partial charge < -0.3 is 5.32 Å². The molecule has 0 amide bonds. The van der Waals surface area contributed by atoms with Crippen LogP contribution < -0.4 is 5.32 Å². The van der Waals surface area contributed by atoms with Crippen molar-refractivity contribution in [2.45, 2.75) is 44.7 Å². The largest absolute Gasteiger partial charge is 0.308 e. The summed E-state index contributed by atoms with van der Waals surface area (Å²) in [5, 5.41) is 5.96. The van der Waals surface area contributed by atoms with Crippen LogP contribution in [0.5, 0.6) is 0 Å². The van der Waals surface area contributed by atoms with Crippen LogP contribution in [0.25, 0.3) is 4.96 Å². The third kappa shape index (κ3) is 1.77. The first-order valence-electron chi connectivity index (χ1n) is 7.99. The van der Waals surface area contributed by atoms with Crippen molar-refractivity contribution in [3.8, 4) is 0 Å². The number of nitrogens with one attached hydrogen (secondary N) is 1. The standard InChI is InChI=1S/C16H21N3S/c1-2-20-16-18-14(9-19(1)16)8-17-15-12-4-10-3-11(6-12)7-13(15)5-10/h1-2,9-13,15,17H,3-8H2. The third-order valence-corrected chi connectivity index (χ3v) is 6.66. The maximum Gasteiger partial charge on any atom is 0.193 e. The van der Waals surface area contributed by atoms with E-state index in [1.807, 2.05) is 0 Å². The Kier molecular flexibility index (Phi) is 2.53. The molecule has 0 unspecified atom stereocenters. The summed E-state index contributed by atoms with van der Waals surface area (Å²) < 4.78 is 2.14. The lowest BCUT2D eigenvalue weighted by Crippen LogP contribution is -2.54. The molecular weight excluding hydrogens is 266 g/mol. The van der Waals surface area contributed by atoms with Crippen LogP contribution in [-0.4, -0.2) is 15.4 Å². The van der Waals surface area contributed by atoms with Gasteiger partial charge in [-0.05, 0) is 55.8 Å². The summed E-state index contributed by atoms with van der Waals surface area (Å²) >= 11 is 1.72. The molecule has 4 aliphatic carbocycles. The molecule has 3 nitrogen and oxygen atoms in total. The van der Waals surface area contributed by atoms with Crippen LogP contribution >= 0.6 is 11.3 Å². The number of hydrogen-bond donors (Lipinski definition) is 1. The molecule has 0 aromatic carbocycles. The average molecular weight is 287 g/mol. The molecule has 0 saturated heterocycles. The number of hydrogen-bond acceptors (Lipinski definition) is 3. The highest BCUT2D eigenvalue weighted by Crippen LogP contribution is 2.53. The molecule has 106 valence electrons. The quantitative estimate of drug-likeness (QED) is 0.938. The fraction of sp³-hybridized carbons (Fsp3) is 0.688. The van der Waals surface area contributed by atoms with E-state index in [0.29, 0.717) is 0 Å². The van der Waals surface area contributed by atoms with E-state index in [1.54, 1.807) is 11.3 Å². The first kappa shape index (κ1) is 11.8. The van der Waals surface area contributed by atoms with Gasteiger partial charge in [0.2, 0.25) is 0 Å². The van der Waals surface area contributed by atoms with Crippen LogP contribution in [0.3, 0.4) is 0 Å². The molecule has 4 fully saturated rings. The topological polar surface area (TPSA) is 29.3 Å². The number of thiazole rings is 1. The second-order valence-corrected chi connectivity index (χ2v) is 8.04. The predicted molar refractivity (Wildman–Crippen MR) is 80.7 cm³/mol. The SMILES string of the molecule is c1cn2cc(CNC3C4CC5CC(C4)CC3C5)nc2s1. The van der Waals surface area contributed by atoms with Gasteiger partial charge in [-0.3, -0.25) is 4.40 Å². The van der Waals surface area contributed by atoms with E-state index >= 15 is 0 Å². The Balaban J connectivity index is 1.31. The monoisotopic (exact) mass is 287 g/mol. The molecule has 4 aliphatic rings. The maximum absolute atomic E-state index is 4.69. The van der Waals surface area contributed by atoms with E-state index in [0.717, 1.165) is 41.2 Å². The highest BCUT2D eigenvalue weighted by Gasteiger charge is 2.47. The van der Waals surface area contributed by atoms with Crippen molar-refractivity contribution < 1.29 is 0 Å². The van der Waals surface area contributed by atoms with E-state index in [4.69, 9.17) is 4.98 Å². The maximum atomic E-state index is 4.69. The van der Waals surface area contributed by atoms with Crippen molar-refractivity contribution >= 4 is 16.3 Å². The number of fused-ring (bicyclic) bond motifs is 1. The van der Waals surface area contributed by atoms with Crippen molar-refractivity contribution in [1.29, 1.82) is 0 Å². The van der Waals surface area contributed by atoms with Gasteiger partial charge in [0.15, 0.2) is 4.96 Å². The smallest absolute Gasteiger partial charge is 0.193 e. The van der Waals surface area contributed by atoms with E-state index in [9.17, 15) is 0 Å². The van der Waals surface area contributed by atoms with E-state index in [2.05, 4.69) is 27.5 Å². The Labute approximate surface area is 123 Å². The lowest BCUT2D eigenvalue weighted by Gasteiger charge is -2.54. The summed E-state index contributed by atoms with van der Waals surface area (Å²) in [5.41, 5.74) is 1.20. The Morgan fingerprint density at radius 2 is 1.90 bits per heavy atom. The molecule has 4 saturated carbocycles. The van der Waals surface area contributed by atoms with Crippen LogP contribution in [0.15, 0.2) is 17.8 Å². The highest BCUT2D eigenvalue weighted by atomic mass is 32.1. The van der Waals surface area contributed by atoms with Crippen molar-refractivity contribution in [3.05, 3.63) is 23.5 Å². The minimum Gasteiger partial charge on any atom is -0.308 e. The lowest BCUT2D eigenvalue weighted by molar-refractivity contribution is -0.0143. The molecule has 6 rings (SSSR count). The molecule has 1 N–H and O–H groups in total. The first-order valence-corrected chi connectivity index (χ1v) is 8.87. The van der Waals surface area contributed by atoms with Crippen LogP contribution in [0.2, 0.25) is 0 Å². The Bertz CT molecular complexity index is 572. The van der Waals surface area contributed by atoms with Crippen molar-refractivity contribution in [1.82, 2.24) is 14.7 Å². The lowest BCUT2D eigenvalue weighted by atomic mass is 9.54. The molecule has 2 aromatic rings. The molecule has 4 bridgehead atoms. The minimum atomic E-state index is 0.766. The normalized spacial score (nSPS) is 38.9. The van der Waals surface area contributed by atoms with Gasteiger partial charge in [0.1, 0.15) is 0 Å². The Hall–Kier alpha value is -0.870. The van der Waals surface area contributed by atoms with Crippen molar-refractivity contribution in [2.24, 2.45) is 23.7 Å². The summed E-state index contributed by atoms with van der Waals surface area (Å²) in [5.74, 6) is 4.03. The average Bonchev–Trinajstić information content (AvgIpc) is 2.97. The molecule has 0 spiro atoms. The van der Waals surface area contributed by atoms with Crippen LogP contribution in [-0.2, 0) is 6.54 Å². The Morgan fingerprint density at radius 3 is 2.60 bits per heavy atom. The first-order chi connectivity index (χ1) is 9.85. The van der Waals surface area contributed by atoms with Crippen LogP contribution in [0, 0.1) is 23.7 Å². The fourth-order valence-electron chi connectivity index (χ4n) is 5.34. The van der Waals surface area contributed by atoms with Crippen LogP contribution in [0.4, 0.5) is 0 Å². The summed E-state index contributed by atoms with van der Waals surface area (Å²) in [6.45, 7) is 0.946. The summed E-state index contributed by atoms with van der Waals surface area (Å²) in [4.78, 5) is 5.81. The molecule has 4 heteroatoms. The molecule has 2 aromatic heterocycles. The number of aromatic nitrogens is 2. The summed E-state index contributed by atoms with van der Waals surface area (Å²) in [6, 6.07) is 0.766. The highest BCUT2D eigenvalue weighted by molar-refractivity contribution is 7.15. The van der Waals surface area contributed by atoms with Gasteiger partial charge in [0, 0.05) is 30.4 Å². The summed E-state index contributed by atoms with van der Waals surface area (Å²) in [7, 11) is 0. The van der Waals surface area contributed by atoms with Gasteiger partial charge in [-0.2, -0.15) is 0 Å². The number of rotatable bonds is 3. The second kappa shape index (κ2) is 4.31. The van der Waals surface area contributed by atoms with E-state index < -0.39 is 0 Å². The summed E-state index contributed by atoms with van der Waals surface area (Å²) in [6.07, 6.45) is 11.8. The molecule has 0 atom stereocenters. The van der Waals surface area contributed by atoms with Crippen LogP contribution in [0.1, 0.15) is 37.8 Å². The number of nitrogens with zero attached hydrogens (tertiary/aromatic N) is 2. The van der Waals surface area contributed by atoms with Crippen molar-refractivity contribution in [3.63, 3.8) is 0 Å². The molecule has 20 heavy (non-hydrogen) atoms. The third-order valence-electron chi connectivity index (χ3n) is 5.89. The van der Waals surface area contributed by atoms with Gasteiger partial charge >= 0.3 is 0 Å². The molecule has 0 radical (unpaired) electrons. The zero-order chi connectivity index (χ0) is 13.1. The minimum absolute atomic E-state index is 0.766. The Morgan fingerprint density at radius 1 is 1.15 bits per heavy atom. The van der Waals surface area contributed by atoms with Crippen molar-refractivity contribution in [2.75, 3.05) is 0 Å². The van der Waals surface area contributed by atoms with Gasteiger partial charge in [-0.25, -0.2) is 4.98 Å². The van der Waals surface area contributed by atoms with Gasteiger partial charge in [-0.1, -0.05) is 0 Å². The molecule has 0 aliphatic heterocycles. The zero-order valence-electron chi connectivity index (χ0n) is 11.7. The second-order valence-electron chi connectivity index (χ2n) is 7.16. The van der Waals surface area contributed by atoms with Gasteiger partial charge in [0.25, 0.3) is 0 Å². The van der Waals surface area contributed by atoms with Gasteiger partial charge in [-0.15, -0.1) is 11.3 Å². The van der Waals surface area contributed by atoms with E-state index in [1.165, 1.54) is 37.8 Å². The number of imidazole rings is 1. The predicted octanol–water partition coefficient (Wildman–Crippen LogP) is 3.31. The molecular formula is C16H21N3S. The van der Waals surface area contributed by atoms with Gasteiger partial charge in [0.05, 0.1) is 5.69 Å². The zero-order valence-corrected chi connectivity index (χ0v) is 12.5. The fourth-order valence-corrected chi connectivity index (χ4v) is 6.06. The molecule has 2 heterocycles. The van der Waals surface area contributed by atoms with E-state index in [-0.39, 0.29) is 0 Å².